The van der Waals surface area contributed by atoms with E-state index in [0.29, 0.717) is 0 Å². The minimum absolute atomic E-state index is 0.729. The lowest BCUT2D eigenvalue weighted by molar-refractivity contribution is 0.857. The first-order valence-corrected chi connectivity index (χ1v) is 4.34. The Kier molecular flexibility index (Phi) is 2.07. The summed E-state index contributed by atoms with van der Waals surface area (Å²) in [5.41, 5.74) is 1.92. The third-order valence-corrected chi connectivity index (χ3v) is 1.98. The van der Waals surface area contributed by atoms with E-state index in [1.807, 2.05) is 37.3 Å². The van der Waals surface area contributed by atoms with Crippen LogP contribution >= 0.6 is 11.6 Å². The lowest BCUT2D eigenvalue weighted by Crippen LogP contribution is -1.94. The SMILES string of the molecule is Cc1c[c]n(-c2ccc(Cl)cc2)n1. The van der Waals surface area contributed by atoms with Gasteiger partial charge in [-0.15, -0.1) is 0 Å². The van der Waals surface area contributed by atoms with E-state index in [-0.39, 0.29) is 0 Å². The maximum absolute atomic E-state index is 5.76. The molecule has 13 heavy (non-hydrogen) atoms. The average Bonchev–Trinajstić information content (AvgIpc) is 2.53. The first-order chi connectivity index (χ1) is 6.25. The van der Waals surface area contributed by atoms with Gasteiger partial charge in [-0.1, -0.05) is 11.6 Å². The molecule has 65 valence electrons. The fraction of sp³-hybridized carbons (Fsp3) is 0.100. The van der Waals surface area contributed by atoms with Gasteiger partial charge in [0, 0.05) is 5.02 Å². The molecular weight excluding hydrogens is 184 g/mol. The quantitative estimate of drug-likeness (QED) is 0.678. The van der Waals surface area contributed by atoms with Crippen LogP contribution in [0.25, 0.3) is 5.69 Å². The second kappa shape index (κ2) is 3.23. The van der Waals surface area contributed by atoms with E-state index in [1.165, 1.54) is 0 Å². The van der Waals surface area contributed by atoms with Gasteiger partial charge in [0.15, 0.2) is 0 Å². The van der Waals surface area contributed by atoms with Gasteiger partial charge in [0.25, 0.3) is 0 Å². The first-order valence-electron chi connectivity index (χ1n) is 3.96. The van der Waals surface area contributed by atoms with E-state index < -0.39 is 0 Å². The Labute approximate surface area is 81.8 Å². The highest BCUT2D eigenvalue weighted by atomic mass is 35.5. The van der Waals surface area contributed by atoms with Crippen LogP contribution in [0.4, 0.5) is 0 Å². The summed E-state index contributed by atoms with van der Waals surface area (Å²) in [6.45, 7) is 1.93. The molecule has 1 aromatic carbocycles. The van der Waals surface area contributed by atoms with E-state index >= 15 is 0 Å². The maximum atomic E-state index is 5.76. The lowest BCUT2D eigenvalue weighted by atomic mass is 10.3. The highest BCUT2D eigenvalue weighted by Crippen LogP contribution is 2.12. The van der Waals surface area contributed by atoms with Gasteiger partial charge in [0.05, 0.1) is 17.6 Å². The van der Waals surface area contributed by atoms with Crippen molar-refractivity contribution in [3.8, 4) is 5.69 Å². The van der Waals surface area contributed by atoms with Crippen LogP contribution < -0.4 is 0 Å². The lowest BCUT2D eigenvalue weighted by Gasteiger charge is -1.99. The number of halogens is 1. The van der Waals surface area contributed by atoms with Crippen molar-refractivity contribution in [3.63, 3.8) is 0 Å². The topological polar surface area (TPSA) is 17.8 Å². The normalized spacial score (nSPS) is 10.3. The molecule has 1 radical (unpaired) electrons. The molecule has 0 aliphatic heterocycles. The number of nitrogens with zero attached hydrogens (tertiary/aromatic N) is 2. The Hall–Kier alpha value is -1.28. The molecule has 3 heteroatoms. The molecule has 0 saturated carbocycles. The molecule has 2 aromatic rings. The average molecular weight is 192 g/mol. The molecule has 2 nitrogen and oxygen atoms in total. The third-order valence-electron chi connectivity index (χ3n) is 1.72. The van der Waals surface area contributed by atoms with Crippen LogP contribution in [0, 0.1) is 13.1 Å². The Morgan fingerprint density at radius 1 is 1.31 bits per heavy atom. The first kappa shape index (κ1) is 8.32. The van der Waals surface area contributed by atoms with Gasteiger partial charge in [-0.3, -0.25) is 0 Å². The summed E-state index contributed by atoms with van der Waals surface area (Å²) in [4.78, 5) is 0. The molecule has 0 atom stereocenters. The summed E-state index contributed by atoms with van der Waals surface area (Å²) >= 11 is 5.76. The van der Waals surface area contributed by atoms with Crippen molar-refractivity contribution >= 4 is 11.6 Å². The summed E-state index contributed by atoms with van der Waals surface area (Å²) in [5, 5.41) is 4.96. The van der Waals surface area contributed by atoms with Crippen molar-refractivity contribution < 1.29 is 0 Å². The van der Waals surface area contributed by atoms with Gasteiger partial charge in [-0.05, 0) is 37.3 Å². The molecule has 0 aliphatic rings. The van der Waals surface area contributed by atoms with Crippen LogP contribution in [0.3, 0.4) is 0 Å². The smallest absolute Gasteiger partial charge is 0.0929 e. The number of hydrogen-bond acceptors (Lipinski definition) is 1. The Bertz CT molecular complexity index is 403. The van der Waals surface area contributed by atoms with Crippen LogP contribution in [-0.4, -0.2) is 9.78 Å². The van der Waals surface area contributed by atoms with Gasteiger partial charge in [0.1, 0.15) is 0 Å². The Balaban J connectivity index is 2.41. The molecule has 0 N–H and O–H groups in total. The molecule has 1 aromatic heterocycles. The Morgan fingerprint density at radius 3 is 2.54 bits per heavy atom. The van der Waals surface area contributed by atoms with Gasteiger partial charge in [-0.25, -0.2) is 4.68 Å². The van der Waals surface area contributed by atoms with Crippen molar-refractivity contribution in [2.24, 2.45) is 0 Å². The van der Waals surface area contributed by atoms with Crippen molar-refractivity contribution in [2.45, 2.75) is 6.92 Å². The fourth-order valence-electron chi connectivity index (χ4n) is 1.08. The zero-order valence-electron chi connectivity index (χ0n) is 7.16. The second-order valence-electron chi connectivity index (χ2n) is 2.80. The molecule has 0 saturated heterocycles. The third kappa shape index (κ3) is 1.73. The molecule has 0 bridgehead atoms. The van der Waals surface area contributed by atoms with E-state index in [4.69, 9.17) is 11.6 Å². The fourth-order valence-corrected chi connectivity index (χ4v) is 1.21. The second-order valence-corrected chi connectivity index (χ2v) is 3.24. The largest absolute Gasteiger partial charge is 0.231 e. The standard InChI is InChI=1S/C10H8ClN2/c1-8-6-7-13(12-8)10-4-2-9(11)3-5-10/h2-6H,1H3. The van der Waals surface area contributed by atoms with E-state index in [0.717, 1.165) is 16.4 Å². The van der Waals surface area contributed by atoms with Crippen LogP contribution in [0.5, 0.6) is 0 Å². The number of rotatable bonds is 1. The number of aryl methyl sites for hydroxylation is 1. The Morgan fingerprint density at radius 2 is 2.00 bits per heavy atom. The van der Waals surface area contributed by atoms with Crippen LogP contribution in [0.15, 0.2) is 30.3 Å². The highest BCUT2D eigenvalue weighted by molar-refractivity contribution is 6.30. The summed E-state index contributed by atoms with van der Waals surface area (Å²) in [5.74, 6) is 0. The highest BCUT2D eigenvalue weighted by Gasteiger charge is 1.97. The summed E-state index contributed by atoms with van der Waals surface area (Å²) in [6, 6.07) is 9.33. The minimum atomic E-state index is 0.729. The van der Waals surface area contributed by atoms with Crippen LogP contribution in [0.2, 0.25) is 5.02 Å². The number of hydrogen-bond donors (Lipinski definition) is 0. The van der Waals surface area contributed by atoms with Gasteiger partial charge in [-0.2, -0.15) is 5.10 Å². The molecule has 0 fully saturated rings. The van der Waals surface area contributed by atoms with Gasteiger partial charge >= 0.3 is 0 Å². The van der Waals surface area contributed by atoms with Gasteiger partial charge in [0.2, 0.25) is 0 Å². The predicted octanol–water partition coefficient (Wildman–Crippen LogP) is 2.63. The van der Waals surface area contributed by atoms with Crippen molar-refractivity contribution in [1.82, 2.24) is 9.78 Å². The molecule has 0 unspecified atom stereocenters. The monoisotopic (exact) mass is 191 g/mol. The summed E-state index contributed by atoms with van der Waals surface area (Å²) < 4.78 is 1.70. The van der Waals surface area contributed by atoms with Crippen molar-refractivity contribution in [3.05, 3.63) is 47.2 Å². The van der Waals surface area contributed by atoms with E-state index in [9.17, 15) is 0 Å². The van der Waals surface area contributed by atoms with E-state index in [2.05, 4.69) is 11.3 Å². The summed E-state index contributed by atoms with van der Waals surface area (Å²) in [6.07, 6.45) is 3.00. The zero-order valence-corrected chi connectivity index (χ0v) is 7.92. The van der Waals surface area contributed by atoms with Crippen molar-refractivity contribution in [1.29, 1.82) is 0 Å². The molecule has 0 aliphatic carbocycles. The maximum Gasteiger partial charge on any atom is 0.0929 e. The van der Waals surface area contributed by atoms with Crippen LogP contribution in [-0.2, 0) is 0 Å². The number of aromatic nitrogens is 2. The zero-order chi connectivity index (χ0) is 9.26. The molecule has 0 amide bonds. The number of benzene rings is 1. The minimum Gasteiger partial charge on any atom is -0.231 e. The van der Waals surface area contributed by atoms with Gasteiger partial charge < -0.3 is 0 Å². The molecular formula is C10H8ClN2. The molecule has 0 spiro atoms. The predicted molar refractivity (Wildman–Crippen MR) is 52.1 cm³/mol. The van der Waals surface area contributed by atoms with Crippen molar-refractivity contribution in [2.75, 3.05) is 0 Å². The summed E-state index contributed by atoms with van der Waals surface area (Å²) in [7, 11) is 0. The van der Waals surface area contributed by atoms with Crippen LogP contribution in [0.1, 0.15) is 5.69 Å². The molecule has 1 heterocycles. The molecule has 2 rings (SSSR count). The van der Waals surface area contributed by atoms with E-state index in [1.54, 1.807) is 4.68 Å².